The second-order valence-electron chi connectivity index (χ2n) is 6.56. The van der Waals surface area contributed by atoms with E-state index in [0.717, 1.165) is 13.0 Å². The van der Waals surface area contributed by atoms with Crippen molar-refractivity contribution in [1.29, 1.82) is 0 Å². The Morgan fingerprint density at radius 3 is 3.04 bits per heavy atom. The number of carbonyl (C=O) groups is 2. The maximum atomic E-state index is 12.6. The summed E-state index contributed by atoms with van der Waals surface area (Å²) in [6.45, 7) is 1.98. The molecule has 1 spiro atoms. The van der Waals surface area contributed by atoms with E-state index in [1.807, 2.05) is 4.90 Å². The fourth-order valence-corrected chi connectivity index (χ4v) is 4.14. The maximum Gasteiger partial charge on any atom is 0.264 e. The molecule has 0 aliphatic carbocycles. The van der Waals surface area contributed by atoms with E-state index in [2.05, 4.69) is 10.2 Å². The van der Waals surface area contributed by atoms with Gasteiger partial charge < -0.3 is 14.5 Å². The molecular weight excluding hydrogens is 312 g/mol. The van der Waals surface area contributed by atoms with Gasteiger partial charge >= 0.3 is 0 Å². The number of aromatic nitrogens is 2. The number of aryl methyl sites for hydroxylation is 1. The second-order valence-corrected chi connectivity index (χ2v) is 6.56. The van der Waals surface area contributed by atoms with Crippen LogP contribution < -0.4 is 5.56 Å². The molecule has 3 aliphatic heterocycles. The first-order valence-electron chi connectivity index (χ1n) is 8.39. The van der Waals surface area contributed by atoms with Crippen LogP contribution in [0.2, 0.25) is 0 Å². The molecule has 4 heterocycles. The molecule has 8 nitrogen and oxygen atoms in total. The summed E-state index contributed by atoms with van der Waals surface area (Å²) < 4.78 is 6.00. The zero-order valence-electron chi connectivity index (χ0n) is 13.4. The molecule has 24 heavy (non-hydrogen) atoms. The van der Waals surface area contributed by atoms with E-state index in [-0.39, 0.29) is 23.4 Å². The normalized spacial score (nSPS) is 28.8. The van der Waals surface area contributed by atoms with Crippen molar-refractivity contribution >= 4 is 11.8 Å². The van der Waals surface area contributed by atoms with Crippen molar-refractivity contribution in [1.82, 2.24) is 20.0 Å². The van der Waals surface area contributed by atoms with Gasteiger partial charge in [-0.2, -0.15) is 5.10 Å². The molecule has 8 heteroatoms. The Morgan fingerprint density at radius 2 is 2.25 bits per heavy atom. The summed E-state index contributed by atoms with van der Waals surface area (Å²) in [5.74, 6) is 0.0909. The summed E-state index contributed by atoms with van der Waals surface area (Å²) in [5, 5.41) is 6.29. The lowest BCUT2D eigenvalue weighted by molar-refractivity contribution is -0.181. The first-order valence-corrected chi connectivity index (χ1v) is 8.39. The first-order chi connectivity index (χ1) is 11.6. The molecule has 128 valence electrons. The number of nitrogens with zero attached hydrogens (tertiary/aromatic N) is 3. The highest BCUT2D eigenvalue weighted by molar-refractivity contribution is 5.84. The average Bonchev–Trinajstić information content (AvgIpc) is 3.06. The number of hydrogen-bond acceptors (Lipinski definition) is 5. The van der Waals surface area contributed by atoms with Gasteiger partial charge in [0.2, 0.25) is 11.8 Å². The van der Waals surface area contributed by atoms with Gasteiger partial charge in [0, 0.05) is 38.4 Å². The average molecular weight is 332 g/mol. The number of ether oxygens (including phenoxy) is 1. The van der Waals surface area contributed by atoms with Gasteiger partial charge in [0.15, 0.2) is 5.72 Å². The molecule has 3 saturated heterocycles. The largest absolute Gasteiger partial charge is 0.353 e. The molecule has 0 unspecified atom stereocenters. The summed E-state index contributed by atoms with van der Waals surface area (Å²) in [6.07, 6.45) is 2.66. The quantitative estimate of drug-likeness (QED) is 0.816. The molecule has 2 amide bonds. The van der Waals surface area contributed by atoms with E-state index in [1.54, 1.807) is 11.0 Å². The Kier molecular flexibility index (Phi) is 3.64. The lowest BCUT2D eigenvalue weighted by atomic mass is 10.0. The first kappa shape index (κ1) is 15.3. The minimum Gasteiger partial charge on any atom is -0.353 e. The zero-order chi connectivity index (χ0) is 16.7. The maximum absolute atomic E-state index is 12.6. The van der Waals surface area contributed by atoms with Gasteiger partial charge in [-0.25, -0.2) is 5.10 Å². The van der Waals surface area contributed by atoms with Crippen molar-refractivity contribution in [3.8, 4) is 0 Å². The Hall–Kier alpha value is -2.22. The second kappa shape index (κ2) is 5.70. The van der Waals surface area contributed by atoms with Crippen LogP contribution in [0.3, 0.4) is 0 Å². The zero-order valence-corrected chi connectivity index (χ0v) is 13.4. The standard InChI is InChI=1S/C16H20N4O4/c21-13-4-2-11(17-18-13)3-5-14(22)19-8-6-16-12(19)10-15(23)20(16)7-1-9-24-16/h2,4,12H,1,3,5-10H2,(H,18,21)/t12-,16+/m1/s1. The summed E-state index contributed by atoms with van der Waals surface area (Å²) in [4.78, 5) is 39.6. The number of likely N-dealkylation sites (tertiary alicyclic amines) is 1. The molecule has 2 atom stereocenters. The minimum atomic E-state index is -0.596. The topological polar surface area (TPSA) is 95.6 Å². The van der Waals surface area contributed by atoms with Crippen LogP contribution in [0.15, 0.2) is 16.9 Å². The summed E-state index contributed by atoms with van der Waals surface area (Å²) in [6, 6.07) is 2.85. The molecular formula is C16H20N4O4. The van der Waals surface area contributed by atoms with Gasteiger partial charge in [0.25, 0.3) is 5.56 Å². The Bertz CT molecular complexity index is 713. The molecule has 4 rings (SSSR count). The Labute approximate surface area is 138 Å². The molecule has 1 N–H and O–H groups in total. The van der Waals surface area contributed by atoms with Crippen molar-refractivity contribution in [2.45, 2.75) is 43.9 Å². The van der Waals surface area contributed by atoms with Crippen molar-refractivity contribution in [2.75, 3.05) is 19.7 Å². The highest BCUT2D eigenvalue weighted by atomic mass is 16.5. The Morgan fingerprint density at radius 1 is 1.38 bits per heavy atom. The predicted octanol–water partition coefficient (Wildman–Crippen LogP) is -0.348. The van der Waals surface area contributed by atoms with Crippen LogP contribution in [0, 0.1) is 0 Å². The van der Waals surface area contributed by atoms with Crippen LogP contribution in [0.5, 0.6) is 0 Å². The number of H-pyrrole nitrogens is 1. The Balaban J connectivity index is 1.45. The van der Waals surface area contributed by atoms with E-state index in [0.29, 0.717) is 44.5 Å². The molecule has 1 aromatic heterocycles. The van der Waals surface area contributed by atoms with Crippen LogP contribution in [0.1, 0.15) is 31.4 Å². The fraction of sp³-hybridized carbons (Fsp3) is 0.625. The van der Waals surface area contributed by atoms with E-state index >= 15 is 0 Å². The van der Waals surface area contributed by atoms with Gasteiger partial charge in [-0.1, -0.05) is 0 Å². The number of carbonyl (C=O) groups excluding carboxylic acids is 2. The lowest BCUT2D eigenvalue weighted by Gasteiger charge is -2.42. The molecule has 1 aromatic rings. The van der Waals surface area contributed by atoms with E-state index in [9.17, 15) is 14.4 Å². The highest BCUT2D eigenvalue weighted by Gasteiger charge is 2.61. The number of rotatable bonds is 3. The molecule has 0 aromatic carbocycles. The number of hydrogen-bond donors (Lipinski definition) is 1. The third-order valence-corrected chi connectivity index (χ3v) is 5.26. The van der Waals surface area contributed by atoms with Gasteiger partial charge in [0.1, 0.15) is 0 Å². The van der Waals surface area contributed by atoms with Gasteiger partial charge in [-0.15, -0.1) is 0 Å². The monoisotopic (exact) mass is 332 g/mol. The van der Waals surface area contributed by atoms with Gasteiger partial charge in [0.05, 0.1) is 24.8 Å². The number of nitrogens with one attached hydrogen (secondary N) is 1. The predicted molar refractivity (Wildman–Crippen MR) is 82.9 cm³/mol. The van der Waals surface area contributed by atoms with Crippen molar-refractivity contribution in [2.24, 2.45) is 0 Å². The fourth-order valence-electron chi connectivity index (χ4n) is 4.14. The van der Waals surface area contributed by atoms with Crippen LogP contribution in [-0.2, 0) is 20.7 Å². The van der Waals surface area contributed by atoms with Gasteiger partial charge in [-0.05, 0) is 12.5 Å². The minimum absolute atomic E-state index is 0.00805. The van der Waals surface area contributed by atoms with E-state index in [4.69, 9.17) is 4.74 Å². The SMILES string of the molecule is O=C(CCc1ccc(=O)[nH]n1)N1CC[C@@]23OCCCN2C(=O)C[C@@H]13. The summed E-state index contributed by atoms with van der Waals surface area (Å²) >= 11 is 0. The van der Waals surface area contributed by atoms with Crippen LogP contribution in [-0.4, -0.2) is 63.3 Å². The molecule has 0 radical (unpaired) electrons. The van der Waals surface area contributed by atoms with Crippen molar-refractivity contribution < 1.29 is 14.3 Å². The van der Waals surface area contributed by atoms with E-state index in [1.165, 1.54) is 6.07 Å². The van der Waals surface area contributed by atoms with Crippen LogP contribution in [0.25, 0.3) is 0 Å². The smallest absolute Gasteiger partial charge is 0.264 e. The number of amides is 2. The molecule has 3 aliphatic rings. The third-order valence-electron chi connectivity index (χ3n) is 5.26. The summed E-state index contributed by atoms with van der Waals surface area (Å²) in [7, 11) is 0. The van der Waals surface area contributed by atoms with Crippen LogP contribution in [0.4, 0.5) is 0 Å². The molecule has 0 saturated carbocycles. The van der Waals surface area contributed by atoms with E-state index < -0.39 is 5.72 Å². The summed E-state index contributed by atoms with van der Waals surface area (Å²) in [5.41, 5.74) is -0.179. The molecule has 3 fully saturated rings. The van der Waals surface area contributed by atoms with Crippen molar-refractivity contribution in [3.63, 3.8) is 0 Å². The van der Waals surface area contributed by atoms with Crippen molar-refractivity contribution in [3.05, 3.63) is 28.2 Å². The van der Waals surface area contributed by atoms with Gasteiger partial charge in [-0.3, -0.25) is 14.4 Å². The third kappa shape index (κ3) is 2.32. The lowest BCUT2D eigenvalue weighted by Crippen LogP contribution is -2.56. The molecule has 0 bridgehead atoms. The highest BCUT2D eigenvalue weighted by Crippen LogP contribution is 2.45. The number of aromatic amines is 1. The van der Waals surface area contributed by atoms with Crippen LogP contribution >= 0.6 is 0 Å².